The molecule has 2 aromatic heterocycles. The van der Waals surface area contributed by atoms with Gasteiger partial charge in [0, 0.05) is 12.6 Å². The van der Waals surface area contributed by atoms with Crippen molar-refractivity contribution in [1.29, 1.82) is 0 Å². The fourth-order valence-corrected chi connectivity index (χ4v) is 3.03. The van der Waals surface area contributed by atoms with E-state index in [2.05, 4.69) is 4.98 Å². The number of alkyl halides is 3. The molecule has 0 fully saturated rings. The molecule has 0 unspecified atom stereocenters. The number of ketones is 1. The summed E-state index contributed by atoms with van der Waals surface area (Å²) in [5, 5.41) is -0.177. The Morgan fingerprint density at radius 2 is 1.79 bits per heavy atom. The van der Waals surface area contributed by atoms with Gasteiger partial charge < -0.3 is 0 Å². The lowest BCUT2D eigenvalue weighted by Gasteiger charge is -2.12. The Balaban J connectivity index is 2.13. The number of benzene rings is 1. The molecule has 0 radical (unpaired) electrons. The highest BCUT2D eigenvalue weighted by Gasteiger charge is 2.33. The van der Waals surface area contributed by atoms with E-state index in [4.69, 9.17) is 0 Å². The van der Waals surface area contributed by atoms with Gasteiger partial charge in [-0.25, -0.2) is 9.78 Å². The number of hydrogen-bond donors (Lipinski definition) is 0. The Bertz CT molecular complexity index is 1220. The van der Waals surface area contributed by atoms with Gasteiger partial charge in [-0.15, -0.1) is 0 Å². The highest BCUT2D eigenvalue weighted by Crippen LogP contribution is 2.28. The largest absolute Gasteiger partial charge is 0.433 e. The highest BCUT2D eigenvalue weighted by molar-refractivity contribution is 5.97. The summed E-state index contributed by atoms with van der Waals surface area (Å²) in [5.41, 5.74) is -1.35. The number of carbonyl (C=O) groups excluding carboxylic acids is 1. The monoisotopic (exact) mass is 391 g/mol. The normalized spacial score (nSPS) is 11.8. The minimum Gasteiger partial charge on any atom is -0.292 e. The Kier molecular flexibility index (Phi) is 4.70. The fourth-order valence-electron chi connectivity index (χ4n) is 3.03. The molecule has 6 nitrogen and oxygen atoms in total. The molecule has 28 heavy (non-hydrogen) atoms. The Labute approximate surface area is 156 Å². The first-order valence-electron chi connectivity index (χ1n) is 8.29. The number of aryl methyl sites for hydroxylation is 3. The first-order chi connectivity index (χ1) is 13.0. The van der Waals surface area contributed by atoms with E-state index in [1.165, 1.54) is 7.05 Å². The Morgan fingerprint density at radius 1 is 1.11 bits per heavy atom. The second kappa shape index (κ2) is 6.74. The maximum atomic E-state index is 12.9. The smallest absolute Gasteiger partial charge is 0.292 e. The van der Waals surface area contributed by atoms with E-state index in [9.17, 15) is 27.6 Å². The average Bonchev–Trinajstić information content (AvgIpc) is 2.62. The molecule has 146 valence electrons. The predicted octanol–water partition coefficient (Wildman–Crippen LogP) is 2.61. The van der Waals surface area contributed by atoms with Crippen molar-refractivity contribution in [2.45, 2.75) is 26.6 Å². The van der Waals surface area contributed by atoms with E-state index < -0.39 is 35.4 Å². The standard InChI is InChI=1S/C19H16F3N3O3/c1-10-4-5-12(11(2)8-10)14(26)9-25-17(27)13-6-7-15(19(20,21)22)23-16(13)24(3)18(25)28/h4-8H,9H2,1-3H3. The molecule has 0 saturated heterocycles. The molecule has 0 aliphatic heterocycles. The van der Waals surface area contributed by atoms with Crippen LogP contribution < -0.4 is 11.2 Å². The number of Topliss-reactive ketones (excluding diaryl/α,β-unsaturated/α-hetero) is 1. The van der Waals surface area contributed by atoms with E-state index >= 15 is 0 Å². The molecule has 0 aliphatic rings. The van der Waals surface area contributed by atoms with Gasteiger partial charge in [0.1, 0.15) is 11.3 Å². The van der Waals surface area contributed by atoms with Crippen molar-refractivity contribution in [1.82, 2.24) is 14.1 Å². The molecule has 0 atom stereocenters. The fraction of sp³-hybridized carbons (Fsp3) is 0.263. The zero-order valence-electron chi connectivity index (χ0n) is 15.3. The van der Waals surface area contributed by atoms with Crippen molar-refractivity contribution < 1.29 is 18.0 Å². The lowest BCUT2D eigenvalue weighted by molar-refractivity contribution is -0.141. The van der Waals surface area contributed by atoms with Gasteiger partial charge in [0.25, 0.3) is 5.56 Å². The van der Waals surface area contributed by atoms with Crippen molar-refractivity contribution in [2.75, 3.05) is 0 Å². The van der Waals surface area contributed by atoms with Crippen LogP contribution in [0.2, 0.25) is 0 Å². The van der Waals surface area contributed by atoms with E-state index in [-0.39, 0.29) is 11.0 Å². The van der Waals surface area contributed by atoms with E-state index in [1.54, 1.807) is 25.1 Å². The lowest BCUT2D eigenvalue weighted by atomic mass is 10.0. The zero-order chi connectivity index (χ0) is 20.8. The molecule has 0 N–H and O–H groups in total. The predicted molar refractivity (Wildman–Crippen MR) is 96.5 cm³/mol. The molecular formula is C19H16F3N3O3. The van der Waals surface area contributed by atoms with Crippen molar-refractivity contribution in [3.8, 4) is 0 Å². The molecule has 0 amide bonds. The van der Waals surface area contributed by atoms with Crippen LogP contribution in [0.3, 0.4) is 0 Å². The number of pyridine rings is 1. The molecule has 3 rings (SSSR count). The van der Waals surface area contributed by atoms with Crippen LogP contribution in [0.1, 0.15) is 27.2 Å². The van der Waals surface area contributed by atoms with Crippen molar-refractivity contribution >= 4 is 16.8 Å². The summed E-state index contributed by atoms with van der Waals surface area (Å²) in [6, 6.07) is 6.79. The van der Waals surface area contributed by atoms with Gasteiger partial charge in [-0.05, 0) is 31.5 Å². The molecule has 9 heteroatoms. The molecule has 0 aliphatic carbocycles. The summed E-state index contributed by atoms with van der Waals surface area (Å²) in [4.78, 5) is 41.2. The van der Waals surface area contributed by atoms with E-state index in [1.807, 2.05) is 6.92 Å². The maximum Gasteiger partial charge on any atom is 0.433 e. The number of fused-ring (bicyclic) bond motifs is 1. The van der Waals surface area contributed by atoms with Crippen LogP contribution in [0.5, 0.6) is 0 Å². The summed E-state index contributed by atoms with van der Waals surface area (Å²) >= 11 is 0. The first-order valence-corrected chi connectivity index (χ1v) is 8.29. The molecular weight excluding hydrogens is 375 g/mol. The molecule has 0 bridgehead atoms. The van der Waals surface area contributed by atoms with Gasteiger partial charge in [-0.2, -0.15) is 13.2 Å². The second-order valence-corrected chi connectivity index (χ2v) is 6.54. The van der Waals surface area contributed by atoms with Crippen molar-refractivity contribution in [2.24, 2.45) is 7.05 Å². The quantitative estimate of drug-likeness (QED) is 0.644. The maximum absolute atomic E-state index is 12.9. The Hall–Kier alpha value is -3.23. The summed E-state index contributed by atoms with van der Waals surface area (Å²) in [6.07, 6.45) is -4.71. The number of halogens is 3. The van der Waals surface area contributed by atoms with E-state index in [0.29, 0.717) is 21.8 Å². The molecule has 3 aromatic rings. The van der Waals surface area contributed by atoms with Crippen LogP contribution in [0.15, 0.2) is 39.9 Å². The van der Waals surface area contributed by atoms with Crippen LogP contribution in [-0.2, 0) is 19.8 Å². The first kappa shape index (κ1) is 19.5. The highest BCUT2D eigenvalue weighted by atomic mass is 19.4. The molecule has 1 aromatic carbocycles. The summed E-state index contributed by atoms with van der Waals surface area (Å²) < 4.78 is 40.2. The Morgan fingerprint density at radius 3 is 2.39 bits per heavy atom. The van der Waals surface area contributed by atoms with Crippen LogP contribution in [0, 0.1) is 13.8 Å². The number of rotatable bonds is 3. The van der Waals surface area contributed by atoms with Gasteiger partial charge in [-0.1, -0.05) is 23.8 Å². The third-order valence-corrected chi connectivity index (χ3v) is 4.46. The van der Waals surface area contributed by atoms with Crippen LogP contribution >= 0.6 is 0 Å². The number of nitrogens with zero attached hydrogens (tertiary/aromatic N) is 3. The van der Waals surface area contributed by atoms with Crippen LogP contribution in [0.25, 0.3) is 11.0 Å². The van der Waals surface area contributed by atoms with Gasteiger partial charge in [0.2, 0.25) is 0 Å². The third-order valence-electron chi connectivity index (χ3n) is 4.46. The molecule has 0 saturated carbocycles. The van der Waals surface area contributed by atoms with Gasteiger partial charge in [-0.3, -0.25) is 18.7 Å². The lowest BCUT2D eigenvalue weighted by Crippen LogP contribution is -2.41. The van der Waals surface area contributed by atoms with Gasteiger partial charge in [0.15, 0.2) is 5.78 Å². The zero-order valence-corrected chi connectivity index (χ0v) is 15.3. The minimum absolute atomic E-state index is 0.177. The SMILES string of the molecule is Cc1ccc(C(=O)Cn2c(=O)c3ccc(C(F)(F)F)nc3n(C)c2=O)c(C)c1. The number of aromatic nitrogens is 3. The van der Waals surface area contributed by atoms with Gasteiger partial charge in [0.05, 0.1) is 11.9 Å². The van der Waals surface area contributed by atoms with Crippen molar-refractivity contribution in [3.05, 3.63) is 73.6 Å². The summed E-state index contributed by atoms with van der Waals surface area (Å²) in [6.45, 7) is 3.09. The van der Waals surface area contributed by atoms with Crippen molar-refractivity contribution in [3.63, 3.8) is 0 Å². The average molecular weight is 391 g/mol. The van der Waals surface area contributed by atoms with Gasteiger partial charge >= 0.3 is 11.9 Å². The van der Waals surface area contributed by atoms with E-state index in [0.717, 1.165) is 16.2 Å². The molecule has 0 spiro atoms. The minimum atomic E-state index is -4.71. The van der Waals surface area contributed by atoms with Crippen LogP contribution in [-0.4, -0.2) is 19.9 Å². The summed E-state index contributed by atoms with van der Waals surface area (Å²) in [7, 11) is 1.20. The second-order valence-electron chi connectivity index (χ2n) is 6.54. The number of carbonyl (C=O) groups is 1. The third kappa shape index (κ3) is 3.35. The number of hydrogen-bond acceptors (Lipinski definition) is 4. The molecule has 2 heterocycles. The van der Waals surface area contributed by atoms with Crippen LogP contribution in [0.4, 0.5) is 13.2 Å². The topological polar surface area (TPSA) is 74.0 Å². The summed E-state index contributed by atoms with van der Waals surface area (Å²) in [5.74, 6) is -0.448.